The third kappa shape index (κ3) is 2.48. The maximum absolute atomic E-state index is 14.2. The maximum atomic E-state index is 14.2. The van der Waals surface area contributed by atoms with Crippen molar-refractivity contribution in [3.63, 3.8) is 0 Å². The van der Waals surface area contributed by atoms with Gasteiger partial charge in [-0.3, -0.25) is 9.48 Å². The molecule has 1 heterocycles. The van der Waals surface area contributed by atoms with Crippen LogP contribution in [0.4, 0.5) is 8.78 Å². The summed E-state index contributed by atoms with van der Waals surface area (Å²) < 4.78 is 29.7. The van der Waals surface area contributed by atoms with Gasteiger partial charge in [-0.25, -0.2) is 8.78 Å². The number of rotatable bonds is 3. The smallest absolute Gasteiger partial charge is 0.168 e. The van der Waals surface area contributed by atoms with Crippen molar-refractivity contribution in [1.82, 2.24) is 9.78 Å². The SMILES string of the molecule is Cn1nc(-c2ccc(O)cc2)c(-c2c(F)cccc2F)c1C=O. The topological polar surface area (TPSA) is 55.1 Å². The number of benzene rings is 2. The molecular weight excluding hydrogens is 302 g/mol. The zero-order valence-corrected chi connectivity index (χ0v) is 12.1. The first-order chi connectivity index (χ1) is 11.0. The minimum Gasteiger partial charge on any atom is -0.508 e. The number of phenolic OH excluding ortho intramolecular Hbond substituents is 1. The van der Waals surface area contributed by atoms with Crippen molar-refractivity contribution in [1.29, 1.82) is 0 Å². The van der Waals surface area contributed by atoms with Gasteiger partial charge in [-0.2, -0.15) is 5.10 Å². The Bertz CT molecular complexity index is 866. The first kappa shape index (κ1) is 14.9. The van der Waals surface area contributed by atoms with Crippen molar-refractivity contribution in [2.75, 3.05) is 0 Å². The molecule has 0 fully saturated rings. The van der Waals surface area contributed by atoms with Gasteiger partial charge in [0.15, 0.2) is 6.29 Å². The summed E-state index contributed by atoms with van der Waals surface area (Å²) in [6, 6.07) is 9.51. The van der Waals surface area contributed by atoms with Crippen LogP contribution in [0.15, 0.2) is 42.5 Å². The van der Waals surface area contributed by atoms with Gasteiger partial charge < -0.3 is 5.11 Å². The number of aldehydes is 1. The summed E-state index contributed by atoms with van der Waals surface area (Å²) in [6.45, 7) is 0. The van der Waals surface area contributed by atoms with Gasteiger partial charge >= 0.3 is 0 Å². The molecule has 1 N–H and O–H groups in total. The first-order valence-electron chi connectivity index (χ1n) is 6.79. The summed E-state index contributed by atoms with van der Waals surface area (Å²) in [4.78, 5) is 11.4. The lowest BCUT2D eigenvalue weighted by Crippen LogP contribution is -1.98. The highest BCUT2D eigenvalue weighted by atomic mass is 19.1. The Morgan fingerprint density at radius 3 is 2.22 bits per heavy atom. The predicted octanol–water partition coefficient (Wildman–Crippen LogP) is 3.55. The van der Waals surface area contributed by atoms with E-state index in [0.717, 1.165) is 12.1 Å². The van der Waals surface area contributed by atoms with E-state index in [4.69, 9.17) is 0 Å². The number of aromatic nitrogens is 2. The van der Waals surface area contributed by atoms with Gasteiger partial charge in [-0.05, 0) is 36.4 Å². The van der Waals surface area contributed by atoms with Crippen LogP contribution in [-0.2, 0) is 7.05 Å². The van der Waals surface area contributed by atoms with E-state index in [-0.39, 0.29) is 28.3 Å². The zero-order chi connectivity index (χ0) is 16.6. The molecule has 6 heteroatoms. The van der Waals surface area contributed by atoms with Crippen molar-refractivity contribution in [2.45, 2.75) is 0 Å². The molecule has 0 bridgehead atoms. The van der Waals surface area contributed by atoms with E-state index in [9.17, 15) is 18.7 Å². The zero-order valence-electron chi connectivity index (χ0n) is 12.1. The molecular formula is C17H12F2N2O2. The van der Waals surface area contributed by atoms with Crippen molar-refractivity contribution in [2.24, 2.45) is 7.05 Å². The third-order valence-corrected chi connectivity index (χ3v) is 3.56. The molecule has 2 aromatic carbocycles. The van der Waals surface area contributed by atoms with Crippen LogP contribution in [0.5, 0.6) is 5.75 Å². The van der Waals surface area contributed by atoms with Crippen LogP contribution in [0.1, 0.15) is 10.5 Å². The number of hydrogen-bond donors (Lipinski definition) is 1. The number of aryl methyl sites for hydroxylation is 1. The highest BCUT2D eigenvalue weighted by Crippen LogP contribution is 2.37. The van der Waals surface area contributed by atoms with E-state index in [1.807, 2.05) is 0 Å². The van der Waals surface area contributed by atoms with E-state index >= 15 is 0 Å². The van der Waals surface area contributed by atoms with Crippen molar-refractivity contribution >= 4 is 6.29 Å². The molecule has 0 atom stereocenters. The molecule has 0 saturated heterocycles. The number of phenols is 1. The van der Waals surface area contributed by atoms with Crippen LogP contribution in [0, 0.1) is 11.6 Å². The summed E-state index contributed by atoms with van der Waals surface area (Å²) in [6.07, 6.45) is 0.512. The second-order valence-electron chi connectivity index (χ2n) is 4.99. The minimum absolute atomic E-state index is 0.0546. The van der Waals surface area contributed by atoms with E-state index < -0.39 is 11.6 Å². The molecule has 0 spiro atoms. The van der Waals surface area contributed by atoms with Crippen LogP contribution in [0.25, 0.3) is 22.4 Å². The predicted molar refractivity (Wildman–Crippen MR) is 81.0 cm³/mol. The molecule has 23 heavy (non-hydrogen) atoms. The number of aromatic hydroxyl groups is 1. The van der Waals surface area contributed by atoms with Crippen molar-refractivity contribution in [3.8, 4) is 28.1 Å². The van der Waals surface area contributed by atoms with Crippen LogP contribution in [0.3, 0.4) is 0 Å². The van der Waals surface area contributed by atoms with Crippen molar-refractivity contribution < 1.29 is 18.7 Å². The van der Waals surface area contributed by atoms with E-state index in [1.165, 1.54) is 29.9 Å². The largest absolute Gasteiger partial charge is 0.508 e. The fourth-order valence-corrected chi connectivity index (χ4v) is 2.48. The van der Waals surface area contributed by atoms with Crippen molar-refractivity contribution in [3.05, 3.63) is 59.8 Å². The van der Waals surface area contributed by atoms with Crippen LogP contribution in [0.2, 0.25) is 0 Å². The summed E-state index contributed by atoms with van der Waals surface area (Å²) in [7, 11) is 1.52. The minimum atomic E-state index is -0.777. The average Bonchev–Trinajstić information content (AvgIpc) is 2.84. The lowest BCUT2D eigenvalue weighted by molar-refractivity contribution is 0.111. The molecule has 0 saturated carbocycles. The average molecular weight is 314 g/mol. The maximum Gasteiger partial charge on any atom is 0.168 e. The summed E-state index contributed by atoms with van der Waals surface area (Å²) >= 11 is 0. The van der Waals surface area contributed by atoms with Gasteiger partial charge in [0.1, 0.15) is 28.8 Å². The van der Waals surface area contributed by atoms with Crippen LogP contribution in [-0.4, -0.2) is 21.2 Å². The fraction of sp³-hybridized carbons (Fsp3) is 0.0588. The Balaban J connectivity index is 2.35. The van der Waals surface area contributed by atoms with Gasteiger partial charge in [0.25, 0.3) is 0 Å². The van der Waals surface area contributed by atoms with Crippen LogP contribution < -0.4 is 0 Å². The normalized spacial score (nSPS) is 10.7. The van der Waals surface area contributed by atoms with Gasteiger partial charge in [0.05, 0.1) is 5.56 Å². The molecule has 116 valence electrons. The van der Waals surface area contributed by atoms with Gasteiger partial charge in [-0.1, -0.05) is 6.07 Å². The highest BCUT2D eigenvalue weighted by molar-refractivity contribution is 5.93. The fourth-order valence-electron chi connectivity index (χ4n) is 2.48. The quantitative estimate of drug-likeness (QED) is 0.752. The molecule has 3 rings (SSSR count). The summed E-state index contributed by atoms with van der Waals surface area (Å²) in [5, 5.41) is 13.6. The van der Waals surface area contributed by atoms with Crippen LogP contribution >= 0.6 is 0 Å². The van der Waals surface area contributed by atoms with Gasteiger partial charge in [0, 0.05) is 18.2 Å². The number of halogens is 2. The molecule has 0 aliphatic carbocycles. The number of carbonyl (C=O) groups is 1. The molecule has 0 aliphatic rings. The number of hydrogen-bond acceptors (Lipinski definition) is 3. The highest BCUT2D eigenvalue weighted by Gasteiger charge is 2.24. The first-order valence-corrected chi connectivity index (χ1v) is 6.79. The molecule has 0 aliphatic heterocycles. The second kappa shape index (κ2) is 5.64. The summed E-state index contributed by atoms with van der Waals surface area (Å²) in [5.74, 6) is -1.50. The Morgan fingerprint density at radius 1 is 1.04 bits per heavy atom. The molecule has 0 amide bonds. The third-order valence-electron chi connectivity index (χ3n) is 3.56. The standard InChI is InChI=1S/C17H12F2N2O2/c1-21-14(9-22)16(15-12(18)3-2-4-13(15)19)17(20-21)10-5-7-11(23)8-6-10/h2-9,23H,1H3. The van der Waals surface area contributed by atoms with E-state index in [0.29, 0.717) is 11.8 Å². The summed E-state index contributed by atoms with van der Waals surface area (Å²) in [5.41, 5.74) is 0.648. The molecule has 0 unspecified atom stereocenters. The molecule has 4 nitrogen and oxygen atoms in total. The molecule has 3 aromatic rings. The van der Waals surface area contributed by atoms with E-state index in [1.54, 1.807) is 12.1 Å². The number of nitrogens with zero attached hydrogens (tertiary/aromatic N) is 2. The molecule has 0 radical (unpaired) electrons. The Morgan fingerprint density at radius 2 is 1.65 bits per heavy atom. The molecule has 1 aromatic heterocycles. The monoisotopic (exact) mass is 314 g/mol. The Hall–Kier alpha value is -3.02. The lowest BCUT2D eigenvalue weighted by atomic mass is 9.98. The lowest BCUT2D eigenvalue weighted by Gasteiger charge is -2.07. The van der Waals surface area contributed by atoms with Gasteiger partial charge in [-0.15, -0.1) is 0 Å². The van der Waals surface area contributed by atoms with E-state index in [2.05, 4.69) is 5.10 Å². The van der Waals surface area contributed by atoms with Gasteiger partial charge in [0.2, 0.25) is 0 Å². The Labute approximate surface area is 130 Å². The Kier molecular flexibility index (Phi) is 3.65. The second-order valence-corrected chi connectivity index (χ2v) is 4.99. The number of carbonyl (C=O) groups excluding carboxylic acids is 1.